The number of aryl methyl sites for hydroxylation is 1. The summed E-state index contributed by atoms with van der Waals surface area (Å²) in [6, 6.07) is 14.9. The molecule has 2 aromatic carbocycles. The molecule has 0 bridgehead atoms. The average Bonchev–Trinajstić information content (AvgIpc) is 2.97. The fourth-order valence-corrected chi connectivity index (χ4v) is 2.28. The standard InChI is InChI=1S/C18H16O3/c1-3-12-4-6-13(7-5-12)18(19)17-10-14-8-9-15(20-2)11-16(14)21-17/h4-11H,3H2,1-2H3. The van der Waals surface area contributed by atoms with Crippen LogP contribution in [0.4, 0.5) is 0 Å². The summed E-state index contributed by atoms with van der Waals surface area (Å²) in [7, 11) is 1.60. The molecule has 3 nitrogen and oxygen atoms in total. The van der Waals surface area contributed by atoms with Crippen LogP contribution in [0.2, 0.25) is 0 Å². The second kappa shape index (κ2) is 5.44. The number of rotatable bonds is 4. The molecule has 0 unspecified atom stereocenters. The Bertz CT molecular complexity index is 782. The van der Waals surface area contributed by atoms with Gasteiger partial charge in [-0.3, -0.25) is 4.79 Å². The van der Waals surface area contributed by atoms with Crippen molar-refractivity contribution in [3.8, 4) is 5.75 Å². The molecule has 3 heteroatoms. The summed E-state index contributed by atoms with van der Waals surface area (Å²) in [5.74, 6) is 0.957. The van der Waals surface area contributed by atoms with Crippen molar-refractivity contribution in [2.75, 3.05) is 7.11 Å². The summed E-state index contributed by atoms with van der Waals surface area (Å²) in [6.07, 6.45) is 0.957. The van der Waals surface area contributed by atoms with Crippen LogP contribution in [0.5, 0.6) is 5.75 Å². The van der Waals surface area contributed by atoms with Crippen LogP contribution in [-0.2, 0) is 6.42 Å². The molecule has 0 saturated carbocycles. The molecule has 0 N–H and O–H groups in total. The van der Waals surface area contributed by atoms with Gasteiger partial charge in [-0.1, -0.05) is 31.2 Å². The van der Waals surface area contributed by atoms with Crippen LogP contribution in [0.25, 0.3) is 11.0 Å². The Labute approximate surface area is 123 Å². The summed E-state index contributed by atoms with van der Waals surface area (Å²) >= 11 is 0. The number of carbonyl (C=O) groups excluding carboxylic acids is 1. The molecule has 0 amide bonds. The molecule has 0 aliphatic carbocycles. The Morgan fingerprint density at radius 3 is 2.52 bits per heavy atom. The van der Waals surface area contributed by atoms with Gasteiger partial charge in [0.15, 0.2) is 5.76 Å². The molecule has 0 fully saturated rings. The zero-order valence-corrected chi connectivity index (χ0v) is 12.1. The lowest BCUT2D eigenvalue weighted by Crippen LogP contribution is -1.99. The molecule has 0 atom stereocenters. The van der Waals surface area contributed by atoms with Gasteiger partial charge in [0.25, 0.3) is 0 Å². The molecule has 3 rings (SSSR count). The largest absolute Gasteiger partial charge is 0.497 e. The minimum atomic E-state index is -0.104. The quantitative estimate of drug-likeness (QED) is 0.671. The maximum atomic E-state index is 12.4. The number of hydrogen-bond acceptors (Lipinski definition) is 3. The van der Waals surface area contributed by atoms with E-state index in [9.17, 15) is 4.79 Å². The number of hydrogen-bond donors (Lipinski definition) is 0. The minimum Gasteiger partial charge on any atom is -0.497 e. The predicted molar refractivity (Wildman–Crippen MR) is 82.0 cm³/mol. The van der Waals surface area contributed by atoms with Crippen molar-refractivity contribution < 1.29 is 13.9 Å². The summed E-state index contributed by atoms with van der Waals surface area (Å²) in [5.41, 5.74) is 2.50. The number of ketones is 1. The van der Waals surface area contributed by atoms with Crippen molar-refractivity contribution in [2.24, 2.45) is 0 Å². The fourth-order valence-electron chi connectivity index (χ4n) is 2.28. The molecule has 21 heavy (non-hydrogen) atoms. The second-order valence-corrected chi connectivity index (χ2v) is 4.89. The summed E-state index contributed by atoms with van der Waals surface area (Å²) in [6.45, 7) is 2.09. The van der Waals surface area contributed by atoms with E-state index in [1.807, 2.05) is 36.4 Å². The third-order valence-electron chi connectivity index (χ3n) is 3.58. The number of ether oxygens (including phenoxy) is 1. The van der Waals surface area contributed by atoms with Gasteiger partial charge >= 0.3 is 0 Å². The summed E-state index contributed by atoms with van der Waals surface area (Å²) in [4.78, 5) is 12.4. The highest BCUT2D eigenvalue weighted by molar-refractivity contribution is 6.09. The summed E-state index contributed by atoms with van der Waals surface area (Å²) < 4.78 is 10.8. The number of fused-ring (bicyclic) bond motifs is 1. The molecule has 0 radical (unpaired) electrons. The van der Waals surface area contributed by atoms with Crippen molar-refractivity contribution in [2.45, 2.75) is 13.3 Å². The molecule has 106 valence electrons. The fraction of sp³-hybridized carbons (Fsp3) is 0.167. The molecule has 0 spiro atoms. The van der Waals surface area contributed by atoms with Gasteiger partial charge in [0.2, 0.25) is 5.78 Å². The number of carbonyl (C=O) groups is 1. The van der Waals surface area contributed by atoms with E-state index in [0.29, 0.717) is 22.7 Å². The van der Waals surface area contributed by atoms with Crippen molar-refractivity contribution >= 4 is 16.8 Å². The molecule has 3 aromatic rings. The van der Waals surface area contributed by atoms with Gasteiger partial charge in [-0.25, -0.2) is 0 Å². The van der Waals surface area contributed by atoms with E-state index in [4.69, 9.17) is 9.15 Å². The maximum absolute atomic E-state index is 12.4. The molecule has 0 aliphatic heterocycles. The monoisotopic (exact) mass is 280 g/mol. The molecule has 1 heterocycles. The Morgan fingerprint density at radius 2 is 1.86 bits per heavy atom. The molecule has 0 aliphatic rings. The predicted octanol–water partition coefficient (Wildman–Crippen LogP) is 4.23. The van der Waals surface area contributed by atoms with Gasteiger partial charge in [-0.05, 0) is 30.2 Å². The van der Waals surface area contributed by atoms with Crippen LogP contribution in [0.3, 0.4) is 0 Å². The smallest absolute Gasteiger partial charge is 0.228 e. The highest BCUT2D eigenvalue weighted by Gasteiger charge is 2.14. The van der Waals surface area contributed by atoms with Crippen molar-refractivity contribution in [3.05, 3.63) is 65.4 Å². The third-order valence-corrected chi connectivity index (χ3v) is 3.58. The second-order valence-electron chi connectivity index (χ2n) is 4.89. The normalized spacial score (nSPS) is 10.8. The first-order valence-corrected chi connectivity index (χ1v) is 6.92. The summed E-state index contributed by atoms with van der Waals surface area (Å²) in [5, 5.41) is 0.893. The Balaban J connectivity index is 1.96. The Morgan fingerprint density at radius 1 is 1.10 bits per heavy atom. The van der Waals surface area contributed by atoms with Crippen LogP contribution in [-0.4, -0.2) is 12.9 Å². The highest BCUT2D eigenvalue weighted by atomic mass is 16.5. The highest BCUT2D eigenvalue weighted by Crippen LogP contribution is 2.25. The molecular formula is C18H16O3. The van der Waals surface area contributed by atoms with E-state index in [1.54, 1.807) is 19.2 Å². The van der Waals surface area contributed by atoms with Crippen LogP contribution in [0, 0.1) is 0 Å². The van der Waals surface area contributed by atoms with Gasteiger partial charge in [0.1, 0.15) is 11.3 Å². The van der Waals surface area contributed by atoms with E-state index >= 15 is 0 Å². The number of methoxy groups -OCH3 is 1. The van der Waals surface area contributed by atoms with Crippen LogP contribution >= 0.6 is 0 Å². The number of furan rings is 1. The SMILES string of the molecule is CCc1ccc(C(=O)c2cc3ccc(OC)cc3o2)cc1. The Hall–Kier alpha value is -2.55. The van der Waals surface area contributed by atoms with Gasteiger partial charge in [-0.2, -0.15) is 0 Å². The van der Waals surface area contributed by atoms with E-state index in [2.05, 4.69) is 6.92 Å². The zero-order chi connectivity index (χ0) is 14.8. The van der Waals surface area contributed by atoms with Crippen molar-refractivity contribution in [1.29, 1.82) is 0 Å². The average molecular weight is 280 g/mol. The first-order chi connectivity index (χ1) is 10.2. The first-order valence-electron chi connectivity index (χ1n) is 6.92. The molecule has 1 aromatic heterocycles. The van der Waals surface area contributed by atoms with Crippen molar-refractivity contribution in [3.63, 3.8) is 0 Å². The van der Waals surface area contributed by atoms with E-state index < -0.39 is 0 Å². The third kappa shape index (κ3) is 2.55. The topological polar surface area (TPSA) is 39.4 Å². The van der Waals surface area contributed by atoms with Gasteiger partial charge in [-0.15, -0.1) is 0 Å². The van der Waals surface area contributed by atoms with Crippen LogP contribution in [0.1, 0.15) is 28.6 Å². The lowest BCUT2D eigenvalue weighted by molar-refractivity contribution is 0.101. The van der Waals surface area contributed by atoms with Crippen molar-refractivity contribution in [1.82, 2.24) is 0 Å². The van der Waals surface area contributed by atoms with Gasteiger partial charge < -0.3 is 9.15 Å². The molecular weight excluding hydrogens is 264 g/mol. The van der Waals surface area contributed by atoms with Gasteiger partial charge in [0, 0.05) is 17.0 Å². The van der Waals surface area contributed by atoms with E-state index in [1.165, 1.54) is 5.56 Å². The lowest BCUT2D eigenvalue weighted by atomic mass is 10.1. The lowest BCUT2D eigenvalue weighted by Gasteiger charge is -1.99. The Kier molecular flexibility index (Phi) is 3.48. The van der Waals surface area contributed by atoms with E-state index in [0.717, 1.165) is 11.8 Å². The first kappa shape index (κ1) is 13.4. The van der Waals surface area contributed by atoms with Crippen LogP contribution in [0.15, 0.2) is 52.9 Å². The zero-order valence-electron chi connectivity index (χ0n) is 12.1. The minimum absolute atomic E-state index is 0.104. The molecule has 0 saturated heterocycles. The number of benzene rings is 2. The van der Waals surface area contributed by atoms with Gasteiger partial charge in [0.05, 0.1) is 7.11 Å². The maximum Gasteiger partial charge on any atom is 0.228 e. The van der Waals surface area contributed by atoms with E-state index in [-0.39, 0.29) is 5.78 Å². The van der Waals surface area contributed by atoms with Crippen LogP contribution < -0.4 is 4.74 Å².